The highest BCUT2D eigenvalue weighted by atomic mass is 16.5. The lowest BCUT2D eigenvalue weighted by atomic mass is 10.2. The van der Waals surface area contributed by atoms with E-state index in [-0.39, 0.29) is 11.9 Å². The Labute approximate surface area is 157 Å². The molecule has 0 saturated carbocycles. The van der Waals surface area contributed by atoms with Gasteiger partial charge in [0.15, 0.2) is 0 Å². The van der Waals surface area contributed by atoms with E-state index in [1.807, 2.05) is 37.3 Å². The minimum Gasteiger partial charge on any atom is -0.462 e. The van der Waals surface area contributed by atoms with E-state index in [9.17, 15) is 9.59 Å². The normalized spacial score (nSPS) is 10.4. The van der Waals surface area contributed by atoms with Gasteiger partial charge in [0, 0.05) is 11.9 Å². The average molecular weight is 363 g/mol. The number of unbranched alkanes of at least 4 members (excludes halogenated alkanes) is 1. The summed E-state index contributed by atoms with van der Waals surface area (Å²) in [5.41, 5.74) is 2.38. The molecule has 0 fully saturated rings. The molecule has 1 aromatic heterocycles. The fourth-order valence-corrected chi connectivity index (χ4v) is 2.45. The van der Waals surface area contributed by atoms with E-state index in [1.54, 1.807) is 35.1 Å². The summed E-state index contributed by atoms with van der Waals surface area (Å²) < 4.78 is 6.81. The van der Waals surface area contributed by atoms with Gasteiger partial charge in [-0.1, -0.05) is 31.5 Å². The van der Waals surface area contributed by atoms with Crippen molar-refractivity contribution in [1.82, 2.24) is 9.78 Å². The molecular weight excluding hydrogens is 342 g/mol. The van der Waals surface area contributed by atoms with Crippen molar-refractivity contribution in [1.29, 1.82) is 0 Å². The smallest absolute Gasteiger partial charge is 0.338 e. The lowest BCUT2D eigenvalue weighted by Crippen LogP contribution is -2.11. The third-order valence-corrected chi connectivity index (χ3v) is 3.98. The SMILES string of the molecule is CCCCOC(=O)c1ccc(NC(=O)c2cnn(-c3ccccc3)c2)cc1. The number of rotatable bonds is 7. The van der Waals surface area contributed by atoms with Crippen molar-refractivity contribution in [3.8, 4) is 5.69 Å². The van der Waals surface area contributed by atoms with Gasteiger partial charge in [0.1, 0.15) is 0 Å². The molecule has 0 saturated heterocycles. The summed E-state index contributed by atoms with van der Waals surface area (Å²) in [6.45, 7) is 2.45. The van der Waals surface area contributed by atoms with Gasteiger partial charge in [-0.15, -0.1) is 0 Å². The van der Waals surface area contributed by atoms with Gasteiger partial charge in [0.2, 0.25) is 0 Å². The first kappa shape index (κ1) is 18.4. The molecular formula is C21H21N3O3. The molecule has 2 aromatic carbocycles. The summed E-state index contributed by atoms with van der Waals surface area (Å²) in [6.07, 6.45) is 5.00. The van der Waals surface area contributed by atoms with Crippen molar-refractivity contribution in [2.24, 2.45) is 0 Å². The monoisotopic (exact) mass is 363 g/mol. The lowest BCUT2D eigenvalue weighted by Gasteiger charge is -2.06. The van der Waals surface area contributed by atoms with Gasteiger partial charge < -0.3 is 10.1 Å². The molecule has 1 heterocycles. The van der Waals surface area contributed by atoms with Crippen LogP contribution in [0.1, 0.15) is 40.5 Å². The van der Waals surface area contributed by atoms with Crippen LogP contribution in [-0.2, 0) is 4.74 Å². The Balaban J connectivity index is 1.61. The molecule has 3 rings (SSSR count). The van der Waals surface area contributed by atoms with Crippen molar-refractivity contribution in [2.75, 3.05) is 11.9 Å². The summed E-state index contributed by atoms with van der Waals surface area (Å²) in [5.74, 6) is -0.624. The second-order valence-corrected chi connectivity index (χ2v) is 6.03. The Morgan fingerprint density at radius 3 is 2.48 bits per heavy atom. The van der Waals surface area contributed by atoms with Gasteiger partial charge in [0.25, 0.3) is 5.91 Å². The van der Waals surface area contributed by atoms with E-state index in [2.05, 4.69) is 10.4 Å². The molecule has 3 aromatic rings. The Morgan fingerprint density at radius 1 is 1.04 bits per heavy atom. The number of benzene rings is 2. The zero-order valence-electron chi connectivity index (χ0n) is 15.1. The third kappa shape index (κ3) is 4.82. The highest BCUT2D eigenvalue weighted by molar-refractivity contribution is 6.04. The van der Waals surface area contributed by atoms with Crippen molar-refractivity contribution in [3.05, 3.63) is 78.1 Å². The minimum atomic E-state index is -0.356. The van der Waals surface area contributed by atoms with E-state index in [1.165, 1.54) is 6.20 Å². The largest absolute Gasteiger partial charge is 0.462 e. The highest BCUT2D eigenvalue weighted by Crippen LogP contribution is 2.13. The maximum absolute atomic E-state index is 12.4. The summed E-state index contributed by atoms with van der Waals surface area (Å²) in [4.78, 5) is 24.3. The second kappa shape index (κ2) is 8.80. The second-order valence-electron chi connectivity index (χ2n) is 6.03. The molecule has 0 aliphatic heterocycles. The number of amides is 1. The van der Waals surface area contributed by atoms with Crippen molar-refractivity contribution >= 4 is 17.6 Å². The number of para-hydroxylation sites is 1. The predicted molar refractivity (Wildman–Crippen MR) is 103 cm³/mol. The third-order valence-electron chi connectivity index (χ3n) is 3.98. The van der Waals surface area contributed by atoms with Crippen molar-refractivity contribution in [2.45, 2.75) is 19.8 Å². The molecule has 0 bridgehead atoms. The van der Waals surface area contributed by atoms with Crippen LogP contribution in [0.5, 0.6) is 0 Å². The maximum atomic E-state index is 12.4. The first-order valence-corrected chi connectivity index (χ1v) is 8.86. The molecule has 138 valence electrons. The number of carbonyl (C=O) groups is 2. The van der Waals surface area contributed by atoms with Crippen molar-refractivity contribution in [3.63, 3.8) is 0 Å². The molecule has 1 N–H and O–H groups in total. The van der Waals surface area contributed by atoms with Gasteiger partial charge in [-0.2, -0.15) is 5.10 Å². The van der Waals surface area contributed by atoms with Crippen LogP contribution in [0.2, 0.25) is 0 Å². The van der Waals surface area contributed by atoms with Crippen LogP contribution in [0, 0.1) is 0 Å². The number of hydrogen-bond acceptors (Lipinski definition) is 4. The number of nitrogens with zero attached hydrogens (tertiary/aromatic N) is 2. The molecule has 27 heavy (non-hydrogen) atoms. The fourth-order valence-electron chi connectivity index (χ4n) is 2.45. The number of nitrogens with one attached hydrogen (secondary N) is 1. The number of ether oxygens (including phenoxy) is 1. The molecule has 0 aliphatic carbocycles. The number of hydrogen-bond donors (Lipinski definition) is 1. The van der Waals surface area contributed by atoms with Gasteiger partial charge in [-0.25, -0.2) is 9.48 Å². The topological polar surface area (TPSA) is 73.2 Å². The fraction of sp³-hybridized carbons (Fsp3) is 0.190. The zero-order chi connectivity index (χ0) is 19.1. The standard InChI is InChI=1S/C21H21N3O3/c1-2-3-13-27-21(26)16-9-11-18(12-10-16)23-20(25)17-14-22-24(15-17)19-7-5-4-6-8-19/h4-12,14-15H,2-3,13H2,1H3,(H,23,25). The van der Waals surface area contributed by atoms with Crippen LogP contribution >= 0.6 is 0 Å². The van der Waals surface area contributed by atoms with E-state index < -0.39 is 0 Å². The summed E-state index contributed by atoms with van der Waals surface area (Å²) >= 11 is 0. The number of aromatic nitrogens is 2. The Bertz CT molecular complexity index is 902. The summed E-state index contributed by atoms with van der Waals surface area (Å²) in [5, 5.41) is 7.01. The Kier molecular flexibility index (Phi) is 5.99. The van der Waals surface area contributed by atoms with E-state index in [0.717, 1.165) is 18.5 Å². The number of carbonyl (C=O) groups excluding carboxylic acids is 2. The van der Waals surface area contributed by atoms with E-state index >= 15 is 0 Å². The lowest BCUT2D eigenvalue weighted by molar-refractivity contribution is 0.0499. The maximum Gasteiger partial charge on any atom is 0.338 e. The molecule has 0 unspecified atom stereocenters. The molecule has 0 aliphatic rings. The summed E-state index contributed by atoms with van der Waals surface area (Å²) in [7, 11) is 0. The molecule has 0 spiro atoms. The summed E-state index contributed by atoms with van der Waals surface area (Å²) in [6, 6.07) is 16.2. The van der Waals surface area contributed by atoms with E-state index in [0.29, 0.717) is 23.4 Å². The van der Waals surface area contributed by atoms with Crippen LogP contribution < -0.4 is 5.32 Å². The van der Waals surface area contributed by atoms with Crippen LogP contribution in [0.25, 0.3) is 5.69 Å². The average Bonchev–Trinajstić information content (AvgIpc) is 3.20. The first-order valence-electron chi connectivity index (χ1n) is 8.86. The van der Waals surface area contributed by atoms with Gasteiger partial charge >= 0.3 is 5.97 Å². The minimum absolute atomic E-state index is 0.268. The van der Waals surface area contributed by atoms with Gasteiger partial charge in [-0.05, 0) is 42.8 Å². The molecule has 0 atom stereocenters. The van der Waals surface area contributed by atoms with E-state index in [4.69, 9.17) is 4.74 Å². The molecule has 0 radical (unpaired) electrons. The van der Waals surface area contributed by atoms with Crippen molar-refractivity contribution < 1.29 is 14.3 Å². The number of esters is 1. The predicted octanol–water partition coefficient (Wildman–Crippen LogP) is 4.08. The molecule has 6 nitrogen and oxygen atoms in total. The zero-order valence-corrected chi connectivity index (χ0v) is 15.1. The van der Waals surface area contributed by atoms with Crippen LogP contribution in [-0.4, -0.2) is 28.3 Å². The van der Waals surface area contributed by atoms with Crippen LogP contribution in [0.4, 0.5) is 5.69 Å². The quantitative estimate of drug-likeness (QED) is 0.507. The van der Waals surface area contributed by atoms with Gasteiger partial charge in [0.05, 0.1) is 29.6 Å². The highest BCUT2D eigenvalue weighted by Gasteiger charge is 2.11. The van der Waals surface area contributed by atoms with Crippen LogP contribution in [0.15, 0.2) is 67.0 Å². The van der Waals surface area contributed by atoms with Gasteiger partial charge in [-0.3, -0.25) is 4.79 Å². The Hall–Kier alpha value is -3.41. The number of anilines is 1. The Morgan fingerprint density at radius 2 is 1.78 bits per heavy atom. The van der Waals surface area contributed by atoms with Crippen LogP contribution in [0.3, 0.4) is 0 Å². The molecule has 1 amide bonds. The molecule has 6 heteroatoms. The first-order chi connectivity index (χ1) is 13.2.